The molecule has 1 aromatic rings. The molecule has 1 N–H and O–H groups in total. The van der Waals surface area contributed by atoms with Crippen LogP contribution in [0.2, 0.25) is 0 Å². The van der Waals surface area contributed by atoms with E-state index in [9.17, 15) is 13.6 Å². The third kappa shape index (κ3) is 3.62. The van der Waals surface area contributed by atoms with Crippen LogP contribution in [0.15, 0.2) is 5.03 Å². The Morgan fingerprint density at radius 1 is 1.47 bits per heavy atom. The van der Waals surface area contributed by atoms with Gasteiger partial charge in [-0.1, -0.05) is 18.7 Å². The molecule has 17 heavy (non-hydrogen) atoms. The van der Waals surface area contributed by atoms with E-state index in [0.29, 0.717) is 17.9 Å². The monoisotopic (exact) mass is 262 g/mol. The highest BCUT2D eigenvalue weighted by Crippen LogP contribution is 2.24. The van der Waals surface area contributed by atoms with Crippen LogP contribution in [0.25, 0.3) is 0 Å². The smallest absolute Gasteiger partial charge is 0.340 e. The van der Waals surface area contributed by atoms with Crippen LogP contribution in [-0.4, -0.2) is 33.2 Å². The van der Waals surface area contributed by atoms with Gasteiger partial charge >= 0.3 is 5.97 Å². The molecule has 0 spiro atoms. The van der Waals surface area contributed by atoms with E-state index in [2.05, 4.69) is 9.97 Å². The van der Waals surface area contributed by atoms with Crippen molar-refractivity contribution < 1.29 is 18.7 Å². The van der Waals surface area contributed by atoms with Crippen molar-refractivity contribution in [2.45, 2.75) is 31.7 Å². The standard InChI is InChI=1S/C10H12F2N2O2S/c1-3-7-13-5(2)8(10(15)16)9(14-7)17-4-6(11)12/h6H,3-4H2,1-2H3,(H,15,16). The molecule has 7 heteroatoms. The second kappa shape index (κ2) is 5.90. The summed E-state index contributed by atoms with van der Waals surface area (Å²) in [5.74, 6) is -1.20. The van der Waals surface area contributed by atoms with E-state index in [4.69, 9.17) is 5.11 Å². The lowest BCUT2D eigenvalue weighted by molar-refractivity contribution is 0.0690. The van der Waals surface area contributed by atoms with Crippen molar-refractivity contribution in [3.8, 4) is 0 Å². The number of aromatic nitrogens is 2. The third-order valence-corrected chi connectivity index (χ3v) is 2.97. The average molecular weight is 262 g/mol. The first-order valence-electron chi connectivity index (χ1n) is 4.97. The van der Waals surface area contributed by atoms with Crippen molar-refractivity contribution in [1.82, 2.24) is 9.97 Å². The highest BCUT2D eigenvalue weighted by Gasteiger charge is 2.19. The maximum absolute atomic E-state index is 12.1. The van der Waals surface area contributed by atoms with Gasteiger partial charge in [-0.05, 0) is 6.92 Å². The Labute approximate surface area is 101 Å². The first-order valence-corrected chi connectivity index (χ1v) is 5.96. The summed E-state index contributed by atoms with van der Waals surface area (Å²) in [4.78, 5) is 19.0. The Morgan fingerprint density at radius 3 is 2.59 bits per heavy atom. The van der Waals surface area contributed by atoms with Crippen LogP contribution < -0.4 is 0 Å². The zero-order valence-corrected chi connectivity index (χ0v) is 10.2. The molecule has 1 rings (SSSR count). The molecule has 0 saturated carbocycles. The Kier molecular flexibility index (Phi) is 4.80. The predicted octanol–water partition coefficient (Wildman–Crippen LogP) is 2.40. The molecule has 0 bridgehead atoms. The molecular formula is C10H12F2N2O2S. The topological polar surface area (TPSA) is 63.1 Å². The summed E-state index contributed by atoms with van der Waals surface area (Å²) < 4.78 is 24.2. The van der Waals surface area contributed by atoms with Gasteiger partial charge in [-0.3, -0.25) is 0 Å². The van der Waals surface area contributed by atoms with Crippen molar-refractivity contribution >= 4 is 17.7 Å². The summed E-state index contributed by atoms with van der Waals surface area (Å²) in [6.45, 7) is 3.35. The number of hydrogen-bond donors (Lipinski definition) is 1. The van der Waals surface area contributed by atoms with Crippen molar-refractivity contribution in [1.29, 1.82) is 0 Å². The molecular weight excluding hydrogens is 250 g/mol. The summed E-state index contributed by atoms with van der Waals surface area (Å²) in [5.41, 5.74) is 0.217. The molecule has 0 aliphatic heterocycles. The predicted molar refractivity (Wildman–Crippen MR) is 59.8 cm³/mol. The number of carbonyl (C=O) groups is 1. The molecule has 0 saturated heterocycles. The number of aryl methyl sites for hydroxylation is 2. The van der Waals surface area contributed by atoms with E-state index < -0.39 is 18.1 Å². The van der Waals surface area contributed by atoms with Crippen LogP contribution >= 0.6 is 11.8 Å². The summed E-state index contributed by atoms with van der Waals surface area (Å²) in [7, 11) is 0. The fourth-order valence-electron chi connectivity index (χ4n) is 1.25. The van der Waals surface area contributed by atoms with Crippen LogP contribution in [0.3, 0.4) is 0 Å². The van der Waals surface area contributed by atoms with Gasteiger partial charge in [-0.25, -0.2) is 23.5 Å². The number of nitrogens with zero attached hydrogens (tertiary/aromatic N) is 2. The van der Waals surface area contributed by atoms with Crippen LogP contribution in [0.4, 0.5) is 8.78 Å². The fourth-order valence-corrected chi connectivity index (χ4v) is 2.09. The van der Waals surface area contributed by atoms with Gasteiger partial charge in [0.05, 0.1) is 11.4 Å². The maximum atomic E-state index is 12.1. The van der Waals surface area contributed by atoms with Gasteiger partial charge in [0.2, 0.25) is 6.43 Å². The lowest BCUT2D eigenvalue weighted by atomic mass is 10.2. The summed E-state index contributed by atoms with van der Waals surface area (Å²) >= 11 is 0.745. The number of thioether (sulfide) groups is 1. The Balaban J connectivity index is 3.13. The summed E-state index contributed by atoms with van der Waals surface area (Å²) in [5, 5.41) is 9.11. The van der Waals surface area contributed by atoms with E-state index in [1.54, 1.807) is 0 Å². The number of hydrogen-bond acceptors (Lipinski definition) is 4. The van der Waals surface area contributed by atoms with Gasteiger partial charge in [0.25, 0.3) is 0 Å². The third-order valence-electron chi connectivity index (χ3n) is 1.98. The molecule has 1 heterocycles. The number of carboxylic acids is 1. The van der Waals surface area contributed by atoms with E-state index in [-0.39, 0.29) is 10.6 Å². The van der Waals surface area contributed by atoms with Gasteiger partial charge < -0.3 is 5.11 Å². The number of rotatable bonds is 5. The highest BCUT2D eigenvalue weighted by molar-refractivity contribution is 7.99. The van der Waals surface area contributed by atoms with Gasteiger partial charge in [0.1, 0.15) is 16.4 Å². The maximum Gasteiger partial charge on any atom is 0.340 e. The van der Waals surface area contributed by atoms with Crippen molar-refractivity contribution in [3.05, 3.63) is 17.1 Å². The molecule has 0 amide bonds. The van der Waals surface area contributed by atoms with Gasteiger partial charge in [-0.15, -0.1) is 0 Å². The minimum Gasteiger partial charge on any atom is -0.478 e. The van der Waals surface area contributed by atoms with E-state index in [1.165, 1.54) is 6.92 Å². The number of carboxylic acid groups (broad SMARTS) is 1. The molecule has 0 aromatic carbocycles. The van der Waals surface area contributed by atoms with Crippen molar-refractivity contribution in [3.63, 3.8) is 0 Å². The van der Waals surface area contributed by atoms with Crippen LogP contribution in [0.1, 0.15) is 28.8 Å². The van der Waals surface area contributed by atoms with E-state index >= 15 is 0 Å². The van der Waals surface area contributed by atoms with Gasteiger partial charge in [0, 0.05) is 6.42 Å². The quantitative estimate of drug-likeness (QED) is 0.652. The Hall–Kier alpha value is -1.24. The first-order chi connectivity index (χ1) is 7.95. The molecule has 4 nitrogen and oxygen atoms in total. The van der Waals surface area contributed by atoms with E-state index in [0.717, 1.165) is 11.8 Å². The second-order valence-electron chi connectivity index (χ2n) is 3.27. The van der Waals surface area contributed by atoms with Crippen LogP contribution in [-0.2, 0) is 6.42 Å². The highest BCUT2D eigenvalue weighted by atomic mass is 32.2. The normalized spacial score (nSPS) is 10.9. The molecule has 0 radical (unpaired) electrons. The van der Waals surface area contributed by atoms with E-state index in [1.807, 2.05) is 6.92 Å². The minimum absolute atomic E-state index is 0.0900. The van der Waals surface area contributed by atoms with Crippen LogP contribution in [0.5, 0.6) is 0 Å². The molecule has 1 aromatic heterocycles. The largest absolute Gasteiger partial charge is 0.478 e. The molecule has 0 aliphatic rings. The van der Waals surface area contributed by atoms with Crippen LogP contribution in [0, 0.1) is 6.92 Å². The SMILES string of the molecule is CCc1nc(C)c(C(=O)O)c(SCC(F)F)n1. The molecule has 0 fully saturated rings. The number of halogens is 2. The Morgan fingerprint density at radius 2 is 2.12 bits per heavy atom. The van der Waals surface area contributed by atoms with Crippen molar-refractivity contribution in [2.75, 3.05) is 5.75 Å². The number of alkyl halides is 2. The Bertz CT molecular complexity index is 427. The number of aromatic carboxylic acids is 1. The second-order valence-corrected chi connectivity index (χ2v) is 4.27. The molecule has 0 unspecified atom stereocenters. The molecule has 0 atom stereocenters. The molecule has 0 aliphatic carbocycles. The van der Waals surface area contributed by atoms with Crippen molar-refractivity contribution in [2.24, 2.45) is 0 Å². The lowest BCUT2D eigenvalue weighted by Crippen LogP contribution is -2.10. The zero-order chi connectivity index (χ0) is 13.0. The summed E-state index contributed by atoms with van der Waals surface area (Å²) in [6.07, 6.45) is -1.97. The summed E-state index contributed by atoms with van der Waals surface area (Å²) in [6, 6.07) is 0. The zero-order valence-electron chi connectivity index (χ0n) is 9.41. The fraction of sp³-hybridized carbons (Fsp3) is 0.500. The minimum atomic E-state index is -2.50. The van der Waals surface area contributed by atoms with Gasteiger partial charge in [0.15, 0.2) is 0 Å². The first kappa shape index (κ1) is 13.8. The van der Waals surface area contributed by atoms with Gasteiger partial charge in [-0.2, -0.15) is 0 Å². The lowest BCUT2D eigenvalue weighted by Gasteiger charge is -2.09. The average Bonchev–Trinajstić information content (AvgIpc) is 2.24. The molecule has 94 valence electrons.